The average molecular weight is 280 g/mol. The van der Waals surface area contributed by atoms with E-state index in [2.05, 4.69) is 20.5 Å². The number of nitrogens with one attached hydrogen (secondary N) is 2. The highest BCUT2D eigenvalue weighted by Gasteiger charge is 2.15. The van der Waals surface area contributed by atoms with Crippen molar-refractivity contribution in [2.45, 2.75) is 26.9 Å². The summed E-state index contributed by atoms with van der Waals surface area (Å²) in [7, 11) is 0. The highest BCUT2D eigenvalue weighted by Crippen LogP contribution is 2.24. The van der Waals surface area contributed by atoms with Crippen LogP contribution in [0.25, 0.3) is 10.7 Å². The monoisotopic (exact) mass is 280 g/mol. The minimum absolute atomic E-state index is 0.255. The van der Waals surface area contributed by atoms with E-state index in [0.717, 1.165) is 4.88 Å². The largest absolute Gasteiger partial charge is 0.369 e. The molecule has 0 spiro atoms. The van der Waals surface area contributed by atoms with Crippen LogP contribution in [0, 0.1) is 6.92 Å². The van der Waals surface area contributed by atoms with Gasteiger partial charge in [0.1, 0.15) is 6.10 Å². The summed E-state index contributed by atoms with van der Waals surface area (Å²) in [6.07, 6.45) is -0.518. The van der Waals surface area contributed by atoms with E-state index in [1.54, 1.807) is 18.3 Å². The fourth-order valence-electron chi connectivity index (χ4n) is 1.53. The molecule has 2 N–H and O–H groups in total. The normalized spacial score (nSPS) is 12.4. The van der Waals surface area contributed by atoms with Crippen molar-refractivity contribution >= 4 is 23.2 Å². The molecule has 2 aromatic heterocycles. The van der Waals surface area contributed by atoms with Crippen LogP contribution in [0.1, 0.15) is 18.7 Å². The number of carbonyl (C=O) groups is 1. The summed E-state index contributed by atoms with van der Waals surface area (Å²) in [6, 6.07) is 3.98. The van der Waals surface area contributed by atoms with E-state index in [1.807, 2.05) is 26.0 Å². The number of amides is 1. The number of nitrogens with zero attached hydrogens (tertiary/aromatic N) is 2. The Morgan fingerprint density at radius 2 is 2.37 bits per heavy atom. The fraction of sp³-hybridized carbons (Fsp3) is 0.417. The average Bonchev–Trinajstić information content (AvgIpc) is 2.98. The minimum Gasteiger partial charge on any atom is -0.369 e. The van der Waals surface area contributed by atoms with Crippen LogP contribution in [-0.4, -0.2) is 33.8 Å². The number of H-pyrrole nitrogens is 1. The van der Waals surface area contributed by atoms with Gasteiger partial charge in [0.15, 0.2) is 5.82 Å². The number of carbonyl (C=O) groups excluding carboxylic acids is 1. The lowest BCUT2D eigenvalue weighted by atomic mass is 10.4. The third-order valence-corrected chi connectivity index (χ3v) is 3.49. The van der Waals surface area contributed by atoms with Crippen molar-refractivity contribution in [3.63, 3.8) is 0 Å². The Morgan fingerprint density at radius 1 is 1.58 bits per heavy atom. The molecular formula is C12H16N4O2S. The number of aromatic amines is 1. The first-order valence-electron chi connectivity index (χ1n) is 6.01. The van der Waals surface area contributed by atoms with Gasteiger partial charge in [-0.15, -0.1) is 16.4 Å². The molecule has 0 fully saturated rings. The molecule has 2 aromatic rings. The maximum atomic E-state index is 11.7. The van der Waals surface area contributed by atoms with Crippen molar-refractivity contribution in [3.8, 4) is 10.7 Å². The molecule has 2 heterocycles. The molecule has 0 radical (unpaired) electrons. The zero-order valence-corrected chi connectivity index (χ0v) is 11.9. The summed E-state index contributed by atoms with van der Waals surface area (Å²) in [6.45, 7) is 6.04. The number of aryl methyl sites for hydroxylation is 1. The Labute approximate surface area is 115 Å². The topological polar surface area (TPSA) is 79.9 Å². The predicted molar refractivity (Wildman–Crippen MR) is 74.2 cm³/mol. The molecule has 102 valence electrons. The minimum atomic E-state index is -0.518. The van der Waals surface area contributed by atoms with Crippen LogP contribution in [0.15, 0.2) is 12.1 Å². The van der Waals surface area contributed by atoms with E-state index in [-0.39, 0.29) is 11.9 Å². The summed E-state index contributed by atoms with van der Waals surface area (Å²) in [5.74, 6) is 0.657. The van der Waals surface area contributed by atoms with E-state index in [1.165, 1.54) is 4.88 Å². The molecule has 6 nitrogen and oxygen atoms in total. The van der Waals surface area contributed by atoms with E-state index >= 15 is 0 Å². The zero-order valence-electron chi connectivity index (χ0n) is 11.1. The van der Waals surface area contributed by atoms with Gasteiger partial charge in [0.05, 0.1) is 4.88 Å². The van der Waals surface area contributed by atoms with E-state index < -0.39 is 6.10 Å². The highest BCUT2D eigenvalue weighted by molar-refractivity contribution is 7.15. The van der Waals surface area contributed by atoms with E-state index in [9.17, 15) is 4.79 Å². The molecule has 1 atom stereocenters. The Bertz CT molecular complexity index is 564. The van der Waals surface area contributed by atoms with Crippen LogP contribution in [-0.2, 0) is 9.53 Å². The maximum absolute atomic E-state index is 11.7. The standard InChI is InChI=1S/C12H16N4O2S/c1-4-18-8(3)11(17)14-12-13-10(15-16-12)9-6-5-7(2)19-9/h5-6,8H,4H2,1-3H3,(H2,13,14,15,16,17)/t8-/m0/s1. The smallest absolute Gasteiger partial charge is 0.255 e. The molecule has 7 heteroatoms. The van der Waals surface area contributed by atoms with Crippen LogP contribution in [0.4, 0.5) is 5.95 Å². The van der Waals surface area contributed by atoms with Gasteiger partial charge < -0.3 is 4.74 Å². The molecule has 0 aliphatic rings. The van der Waals surface area contributed by atoms with Crippen molar-refractivity contribution in [3.05, 3.63) is 17.0 Å². The number of ether oxygens (including phenoxy) is 1. The second-order valence-corrected chi connectivity index (χ2v) is 5.29. The van der Waals surface area contributed by atoms with Crippen LogP contribution >= 0.6 is 11.3 Å². The number of anilines is 1. The predicted octanol–water partition coefficient (Wildman–Crippen LogP) is 2.21. The fourth-order valence-corrected chi connectivity index (χ4v) is 2.33. The van der Waals surface area contributed by atoms with Gasteiger partial charge in [0.2, 0.25) is 5.95 Å². The first kappa shape index (κ1) is 13.7. The zero-order chi connectivity index (χ0) is 13.8. The van der Waals surface area contributed by atoms with Crippen LogP contribution in [0.5, 0.6) is 0 Å². The molecule has 0 aliphatic carbocycles. The summed E-state index contributed by atoms with van der Waals surface area (Å²) in [4.78, 5) is 18.1. The van der Waals surface area contributed by atoms with Gasteiger partial charge in [-0.1, -0.05) is 0 Å². The van der Waals surface area contributed by atoms with Gasteiger partial charge in [-0.05, 0) is 32.9 Å². The Hall–Kier alpha value is -1.73. The van der Waals surface area contributed by atoms with Crippen molar-refractivity contribution in [1.29, 1.82) is 0 Å². The van der Waals surface area contributed by atoms with Crippen molar-refractivity contribution in [1.82, 2.24) is 15.2 Å². The highest BCUT2D eigenvalue weighted by atomic mass is 32.1. The number of hydrogen-bond acceptors (Lipinski definition) is 5. The Kier molecular flexibility index (Phi) is 4.28. The summed E-state index contributed by atoms with van der Waals surface area (Å²) in [5.41, 5.74) is 0. The molecule has 0 aliphatic heterocycles. The van der Waals surface area contributed by atoms with Gasteiger partial charge in [0, 0.05) is 11.5 Å². The van der Waals surface area contributed by atoms with Gasteiger partial charge in [-0.2, -0.15) is 4.98 Å². The van der Waals surface area contributed by atoms with Gasteiger partial charge in [0.25, 0.3) is 5.91 Å². The third kappa shape index (κ3) is 3.39. The summed E-state index contributed by atoms with van der Waals surface area (Å²) >= 11 is 1.62. The van der Waals surface area contributed by atoms with E-state index in [4.69, 9.17) is 4.74 Å². The molecule has 0 unspecified atom stereocenters. The van der Waals surface area contributed by atoms with Gasteiger partial charge in [-0.25, -0.2) is 0 Å². The second-order valence-electron chi connectivity index (χ2n) is 4.00. The van der Waals surface area contributed by atoms with Gasteiger partial charge in [-0.3, -0.25) is 15.2 Å². The molecule has 0 aromatic carbocycles. The Morgan fingerprint density at radius 3 is 3.00 bits per heavy atom. The second kappa shape index (κ2) is 5.94. The van der Waals surface area contributed by atoms with E-state index in [0.29, 0.717) is 12.4 Å². The number of aromatic nitrogens is 3. The molecule has 1 amide bonds. The van der Waals surface area contributed by atoms with Crippen LogP contribution in [0.2, 0.25) is 0 Å². The van der Waals surface area contributed by atoms with Crippen molar-refractivity contribution in [2.24, 2.45) is 0 Å². The first-order chi connectivity index (χ1) is 9.10. The van der Waals surface area contributed by atoms with Gasteiger partial charge >= 0.3 is 0 Å². The SMILES string of the molecule is CCO[C@@H](C)C(=O)Nc1n[nH]c(-c2ccc(C)s2)n1. The number of hydrogen-bond donors (Lipinski definition) is 2. The quantitative estimate of drug-likeness (QED) is 0.880. The molecule has 0 saturated heterocycles. The summed E-state index contributed by atoms with van der Waals surface area (Å²) < 4.78 is 5.19. The summed E-state index contributed by atoms with van der Waals surface area (Å²) in [5, 5.41) is 9.38. The first-order valence-corrected chi connectivity index (χ1v) is 6.83. The Balaban J connectivity index is 2.03. The number of rotatable bonds is 5. The van der Waals surface area contributed by atoms with Crippen LogP contribution < -0.4 is 5.32 Å². The third-order valence-electron chi connectivity index (χ3n) is 2.48. The maximum Gasteiger partial charge on any atom is 0.255 e. The van der Waals surface area contributed by atoms with Crippen molar-refractivity contribution < 1.29 is 9.53 Å². The molecular weight excluding hydrogens is 264 g/mol. The van der Waals surface area contributed by atoms with Crippen molar-refractivity contribution in [2.75, 3.05) is 11.9 Å². The molecule has 0 bridgehead atoms. The molecule has 0 saturated carbocycles. The number of thiophene rings is 1. The molecule has 2 rings (SSSR count). The lowest BCUT2D eigenvalue weighted by Gasteiger charge is -2.09. The molecule has 19 heavy (non-hydrogen) atoms. The lowest BCUT2D eigenvalue weighted by Crippen LogP contribution is -2.28. The van der Waals surface area contributed by atoms with Crippen LogP contribution in [0.3, 0.4) is 0 Å². The lowest BCUT2D eigenvalue weighted by molar-refractivity contribution is -0.126.